The van der Waals surface area contributed by atoms with Crippen LogP contribution in [0.15, 0.2) is 48.5 Å². The molecule has 0 spiro atoms. The first-order valence-corrected chi connectivity index (χ1v) is 10.5. The van der Waals surface area contributed by atoms with E-state index in [1.807, 2.05) is 24.3 Å². The molecule has 2 amide bonds. The number of β-amino-alcohol motifs (C(OH)–C–C–N with tert-alkyl or cyclic N) is 1. The number of likely N-dealkylation sites (tertiary alicyclic amines) is 1. The third kappa shape index (κ3) is 4.51. The van der Waals surface area contributed by atoms with Crippen LogP contribution in [0, 0.1) is 0 Å². The molecule has 1 saturated heterocycles. The number of carbonyl (C=O) groups excluding carboxylic acids is 2. The van der Waals surface area contributed by atoms with Crippen LogP contribution in [0.4, 0.5) is 9.59 Å². The zero-order chi connectivity index (χ0) is 22.2. The first-order valence-electron chi connectivity index (χ1n) is 10.5. The lowest BCUT2D eigenvalue weighted by Crippen LogP contribution is -2.43. The summed E-state index contributed by atoms with van der Waals surface area (Å²) in [6.07, 6.45) is -2.01. The number of aliphatic hydroxyl groups excluding tert-OH is 1. The van der Waals surface area contributed by atoms with Crippen molar-refractivity contribution in [3.63, 3.8) is 0 Å². The lowest BCUT2D eigenvalue weighted by Gasteiger charge is -2.24. The van der Waals surface area contributed by atoms with Gasteiger partial charge in [-0.1, -0.05) is 48.5 Å². The Labute approximate surface area is 182 Å². The number of hydrogen-bond donors (Lipinski definition) is 2. The second-order valence-corrected chi connectivity index (χ2v) is 9.03. The van der Waals surface area contributed by atoms with E-state index in [2.05, 4.69) is 29.6 Å². The van der Waals surface area contributed by atoms with Crippen LogP contribution in [0.1, 0.15) is 37.8 Å². The molecule has 2 atom stereocenters. The fraction of sp³-hybridized carbons (Fsp3) is 0.417. The van der Waals surface area contributed by atoms with Crippen molar-refractivity contribution in [3.05, 3.63) is 59.7 Å². The van der Waals surface area contributed by atoms with Crippen LogP contribution in [0.5, 0.6) is 0 Å². The van der Waals surface area contributed by atoms with E-state index < -0.39 is 29.9 Å². The lowest BCUT2D eigenvalue weighted by molar-refractivity contribution is 0.0269. The summed E-state index contributed by atoms with van der Waals surface area (Å²) in [7, 11) is 0. The van der Waals surface area contributed by atoms with E-state index in [9.17, 15) is 14.7 Å². The molecule has 1 heterocycles. The van der Waals surface area contributed by atoms with E-state index in [1.165, 1.54) is 4.90 Å². The SMILES string of the molecule is CC(C)(C)OC(=O)N1C[C@@H](O)[C@H](NC(=O)OCC2c3ccccc3-c3ccccc32)C1. The monoisotopic (exact) mass is 424 g/mol. The Morgan fingerprint density at radius 3 is 2.19 bits per heavy atom. The highest BCUT2D eigenvalue weighted by Gasteiger charge is 2.37. The number of alkyl carbamates (subject to hydrolysis) is 1. The summed E-state index contributed by atoms with van der Waals surface area (Å²) in [5.41, 5.74) is 3.96. The van der Waals surface area contributed by atoms with Crippen molar-refractivity contribution in [3.8, 4) is 11.1 Å². The van der Waals surface area contributed by atoms with Gasteiger partial charge in [-0.3, -0.25) is 0 Å². The van der Waals surface area contributed by atoms with E-state index in [0.717, 1.165) is 22.3 Å². The van der Waals surface area contributed by atoms with Crippen molar-refractivity contribution in [2.75, 3.05) is 19.7 Å². The predicted molar refractivity (Wildman–Crippen MR) is 116 cm³/mol. The number of fused-ring (bicyclic) bond motifs is 3. The number of aliphatic hydroxyl groups is 1. The summed E-state index contributed by atoms with van der Waals surface area (Å²) in [6.45, 7) is 5.80. The largest absolute Gasteiger partial charge is 0.449 e. The van der Waals surface area contributed by atoms with Crippen LogP contribution in [-0.2, 0) is 9.47 Å². The highest BCUT2D eigenvalue weighted by molar-refractivity contribution is 5.79. The standard InChI is InChI=1S/C24H28N2O5/c1-24(2,3)31-23(29)26-12-20(21(27)13-26)25-22(28)30-14-19-17-10-6-4-8-15(17)16-9-5-7-11-18(16)19/h4-11,19-21,27H,12-14H2,1-3H3,(H,25,28)/t20-,21-/m1/s1. The molecule has 2 aromatic rings. The Kier molecular flexibility index (Phi) is 5.62. The molecule has 2 aromatic carbocycles. The molecule has 1 fully saturated rings. The maximum Gasteiger partial charge on any atom is 0.410 e. The molecule has 1 aliphatic carbocycles. The van der Waals surface area contributed by atoms with Crippen LogP contribution >= 0.6 is 0 Å². The normalized spacial score (nSPS) is 20.2. The molecule has 0 bridgehead atoms. The molecule has 7 heteroatoms. The van der Waals surface area contributed by atoms with Gasteiger partial charge in [-0.25, -0.2) is 9.59 Å². The molecule has 0 saturated carbocycles. The number of nitrogens with zero attached hydrogens (tertiary/aromatic N) is 1. The van der Waals surface area contributed by atoms with Crippen molar-refractivity contribution in [1.29, 1.82) is 0 Å². The van der Waals surface area contributed by atoms with Gasteiger partial charge in [0, 0.05) is 12.5 Å². The number of nitrogens with one attached hydrogen (secondary N) is 1. The van der Waals surface area contributed by atoms with Crippen molar-refractivity contribution < 1.29 is 24.2 Å². The predicted octanol–water partition coefficient (Wildman–Crippen LogP) is 3.51. The number of rotatable bonds is 3. The van der Waals surface area contributed by atoms with Crippen LogP contribution in [0.2, 0.25) is 0 Å². The molecule has 7 nitrogen and oxygen atoms in total. The number of benzene rings is 2. The smallest absolute Gasteiger partial charge is 0.410 e. The molecule has 0 aromatic heterocycles. The van der Waals surface area contributed by atoms with Gasteiger partial charge in [0.15, 0.2) is 0 Å². The Morgan fingerprint density at radius 2 is 1.61 bits per heavy atom. The Bertz CT molecular complexity index is 938. The van der Waals surface area contributed by atoms with E-state index in [0.29, 0.717) is 0 Å². The number of ether oxygens (including phenoxy) is 2. The van der Waals surface area contributed by atoms with Gasteiger partial charge in [0.2, 0.25) is 0 Å². The highest BCUT2D eigenvalue weighted by atomic mass is 16.6. The molecule has 4 rings (SSSR count). The number of amides is 2. The summed E-state index contributed by atoms with van der Waals surface area (Å²) in [5, 5.41) is 13.0. The Hall–Kier alpha value is -3.06. The topological polar surface area (TPSA) is 88.1 Å². The van der Waals surface area contributed by atoms with Crippen molar-refractivity contribution in [2.45, 2.75) is 44.4 Å². The molecule has 2 N–H and O–H groups in total. The van der Waals surface area contributed by atoms with Gasteiger partial charge in [0.05, 0.1) is 18.7 Å². The minimum Gasteiger partial charge on any atom is -0.449 e. The molecular formula is C24H28N2O5. The summed E-state index contributed by atoms with van der Waals surface area (Å²) in [4.78, 5) is 26.1. The second kappa shape index (κ2) is 8.23. The zero-order valence-electron chi connectivity index (χ0n) is 18.0. The number of carbonyl (C=O) groups is 2. The average molecular weight is 424 g/mol. The fourth-order valence-electron chi connectivity index (χ4n) is 4.20. The summed E-state index contributed by atoms with van der Waals surface area (Å²) >= 11 is 0. The van der Waals surface area contributed by atoms with Crippen molar-refractivity contribution >= 4 is 12.2 Å². The fourth-order valence-corrected chi connectivity index (χ4v) is 4.20. The Morgan fingerprint density at radius 1 is 1.03 bits per heavy atom. The summed E-state index contributed by atoms with van der Waals surface area (Å²) in [6, 6.07) is 15.6. The van der Waals surface area contributed by atoms with E-state index in [1.54, 1.807) is 20.8 Å². The van der Waals surface area contributed by atoms with Crippen LogP contribution in [0.25, 0.3) is 11.1 Å². The third-order valence-electron chi connectivity index (χ3n) is 5.59. The van der Waals surface area contributed by atoms with Crippen molar-refractivity contribution in [2.24, 2.45) is 0 Å². The minimum absolute atomic E-state index is 0.0371. The van der Waals surface area contributed by atoms with Gasteiger partial charge in [0.25, 0.3) is 0 Å². The van der Waals surface area contributed by atoms with Gasteiger partial charge in [-0.15, -0.1) is 0 Å². The van der Waals surface area contributed by atoms with Crippen molar-refractivity contribution in [1.82, 2.24) is 10.2 Å². The molecular weight excluding hydrogens is 396 g/mol. The quantitative estimate of drug-likeness (QED) is 0.787. The molecule has 2 aliphatic rings. The zero-order valence-corrected chi connectivity index (χ0v) is 18.0. The van der Waals surface area contributed by atoms with Gasteiger partial charge >= 0.3 is 12.2 Å². The average Bonchev–Trinajstić information content (AvgIpc) is 3.23. The first-order chi connectivity index (χ1) is 14.7. The van der Waals surface area contributed by atoms with E-state index in [4.69, 9.17) is 9.47 Å². The highest BCUT2D eigenvalue weighted by Crippen LogP contribution is 2.44. The van der Waals surface area contributed by atoms with Crippen LogP contribution in [0.3, 0.4) is 0 Å². The maximum atomic E-state index is 12.5. The Balaban J connectivity index is 1.36. The molecule has 164 valence electrons. The van der Waals surface area contributed by atoms with Gasteiger partial charge in [-0.2, -0.15) is 0 Å². The summed E-state index contributed by atoms with van der Waals surface area (Å²) in [5.74, 6) is -0.0371. The molecule has 0 radical (unpaired) electrons. The van der Waals surface area contributed by atoms with Gasteiger partial charge in [0.1, 0.15) is 12.2 Å². The lowest BCUT2D eigenvalue weighted by atomic mass is 9.98. The van der Waals surface area contributed by atoms with Gasteiger partial charge < -0.3 is 24.8 Å². The third-order valence-corrected chi connectivity index (χ3v) is 5.59. The molecule has 1 aliphatic heterocycles. The van der Waals surface area contributed by atoms with Gasteiger partial charge in [-0.05, 0) is 43.0 Å². The molecule has 31 heavy (non-hydrogen) atoms. The van der Waals surface area contributed by atoms with Crippen LogP contribution < -0.4 is 5.32 Å². The minimum atomic E-state index is -0.881. The first kappa shape index (κ1) is 21.2. The number of hydrogen-bond acceptors (Lipinski definition) is 5. The summed E-state index contributed by atoms with van der Waals surface area (Å²) < 4.78 is 10.9. The molecule has 0 unspecified atom stereocenters. The van der Waals surface area contributed by atoms with Crippen LogP contribution in [-0.4, -0.2) is 59.6 Å². The van der Waals surface area contributed by atoms with E-state index in [-0.39, 0.29) is 25.6 Å². The second-order valence-electron chi connectivity index (χ2n) is 9.03. The van der Waals surface area contributed by atoms with E-state index >= 15 is 0 Å². The maximum absolute atomic E-state index is 12.5.